The quantitative estimate of drug-likeness (QED) is 0.507. The van der Waals surface area contributed by atoms with Crippen molar-refractivity contribution in [1.82, 2.24) is 10.6 Å². The van der Waals surface area contributed by atoms with Gasteiger partial charge in [0, 0.05) is 0 Å². The molecule has 0 spiro atoms. The minimum Gasteiger partial charge on any atom is -0.388 e. The zero-order valence-corrected chi connectivity index (χ0v) is 11.5. The Labute approximate surface area is 89.7 Å². The predicted molar refractivity (Wildman–Crippen MR) is 64.8 cm³/mol. The lowest BCUT2D eigenvalue weighted by Crippen LogP contribution is -2.59. The Kier molecular flexibility index (Phi) is 5.89. The van der Waals surface area contributed by atoms with E-state index in [0.29, 0.717) is 0 Å². The highest BCUT2D eigenvalue weighted by Crippen LogP contribution is 2.18. The maximum absolute atomic E-state index is 6.17. The van der Waals surface area contributed by atoms with Gasteiger partial charge in [-0.25, -0.2) is 0 Å². The van der Waals surface area contributed by atoms with Crippen LogP contribution in [0.3, 0.4) is 0 Å². The molecule has 0 aromatic rings. The fourth-order valence-electron chi connectivity index (χ4n) is 1.72. The van der Waals surface area contributed by atoms with Gasteiger partial charge in [0.15, 0.2) is 14.2 Å². The van der Waals surface area contributed by atoms with Gasteiger partial charge in [-0.3, -0.25) is 10.6 Å². The summed E-state index contributed by atoms with van der Waals surface area (Å²) in [4.78, 5) is 0. The van der Waals surface area contributed by atoms with Gasteiger partial charge in [-0.2, -0.15) is 0 Å². The van der Waals surface area contributed by atoms with Crippen molar-refractivity contribution >= 4 is 8.32 Å². The number of nitrogens with one attached hydrogen (secondary N) is 2. The Morgan fingerprint density at radius 2 is 1.86 bits per heavy atom. The Morgan fingerprint density at radius 1 is 1.29 bits per heavy atom. The molecule has 0 heterocycles. The van der Waals surface area contributed by atoms with E-state index in [-0.39, 0.29) is 5.85 Å². The first-order chi connectivity index (χ1) is 6.39. The highest BCUT2D eigenvalue weighted by atomic mass is 28.4. The van der Waals surface area contributed by atoms with Crippen molar-refractivity contribution in [2.24, 2.45) is 0 Å². The van der Waals surface area contributed by atoms with E-state index in [4.69, 9.17) is 4.43 Å². The maximum atomic E-state index is 6.17. The van der Waals surface area contributed by atoms with E-state index < -0.39 is 8.32 Å². The summed E-state index contributed by atoms with van der Waals surface area (Å²) in [6, 6.07) is 1.20. The highest BCUT2D eigenvalue weighted by Gasteiger charge is 2.31. The molecule has 1 unspecified atom stereocenters. The number of hydrogen-bond acceptors (Lipinski definition) is 3. The van der Waals surface area contributed by atoms with E-state index in [1.165, 1.54) is 12.5 Å². The summed E-state index contributed by atoms with van der Waals surface area (Å²) in [5, 5.41) is 6.52. The molecular weight excluding hydrogens is 192 g/mol. The molecule has 0 aromatic heterocycles. The Hall–Kier alpha value is 0.0969. The second-order valence-electron chi connectivity index (χ2n) is 4.43. The van der Waals surface area contributed by atoms with Crippen LogP contribution in [0.1, 0.15) is 27.2 Å². The van der Waals surface area contributed by atoms with Crippen LogP contribution in [-0.2, 0) is 4.43 Å². The van der Waals surface area contributed by atoms with E-state index in [1.807, 2.05) is 7.05 Å². The van der Waals surface area contributed by atoms with Gasteiger partial charge in [-0.05, 0) is 39.7 Å². The summed E-state index contributed by atoms with van der Waals surface area (Å²) in [6.45, 7) is 11.8. The Morgan fingerprint density at radius 3 is 2.21 bits per heavy atom. The van der Waals surface area contributed by atoms with Crippen LogP contribution in [0.5, 0.6) is 0 Å². The lowest BCUT2D eigenvalue weighted by molar-refractivity contribution is 0.0169. The average molecular weight is 218 g/mol. The molecule has 0 radical (unpaired) electrons. The van der Waals surface area contributed by atoms with Gasteiger partial charge in [0.2, 0.25) is 0 Å². The van der Waals surface area contributed by atoms with Crippen molar-refractivity contribution < 1.29 is 4.43 Å². The second kappa shape index (κ2) is 5.85. The normalized spacial score (nSPS) is 16.7. The molecule has 0 aromatic carbocycles. The van der Waals surface area contributed by atoms with Crippen LogP contribution in [0.15, 0.2) is 0 Å². The van der Waals surface area contributed by atoms with E-state index in [2.05, 4.69) is 44.5 Å². The summed E-state index contributed by atoms with van der Waals surface area (Å²) in [5.41, 5.74) is 0. The highest BCUT2D eigenvalue weighted by molar-refractivity contribution is 6.71. The maximum Gasteiger partial charge on any atom is 0.190 e. The van der Waals surface area contributed by atoms with Crippen molar-refractivity contribution in [3.63, 3.8) is 0 Å². The average Bonchev–Trinajstić information content (AvgIpc) is 2.03. The molecule has 0 aliphatic heterocycles. The topological polar surface area (TPSA) is 33.3 Å². The van der Waals surface area contributed by atoms with Gasteiger partial charge in [0.05, 0.1) is 0 Å². The van der Waals surface area contributed by atoms with Crippen LogP contribution < -0.4 is 10.6 Å². The monoisotopic (exact) mass is 218 g/mol. The largest absolute Gasteiger partial charge is 0.388 e. The van der Waals surface area contributed by atoms with Crippen molar-refractivity contribution in [2.45, 2.75) is 52.2 Å². The van der Waals surface area contributed by atoms with Crippen molar-refractivity contribution in [3.8, 4) is 0 Å². The number of hydrogen-bond donors (Lipinski definition) is 2. The minimum absolute atomic E-state index is 0.361. The minimum atomic E-state index is -1.52. The molecule has 14 heavy (non-hydrogen) atoms. The standard InChI is InChI=1S/C10H26N2OSi/c1-7-9-14(5,6)13-10(3,11-4)12-8-2/h11-12H,7-9H2,1-6H3. The van der Waals surface area contributed by atoms with E-state index in [0.717, 1.165) is 6.54 Å². The van der Waals surface area contributed by atoms with Crippen LogP contribution in [0.2, 0.25) is 19.1 Å². The van der Waals surface area contributed by atoms with Gasteiger partial charge >= 0.3 is 0 Å². The third-order valence-corrected chi connectivity index (χ3v) is 4.99. The van der Waals surface area contributed by atoms with E-state index >= 15 is 0 Å². The molecule has 3 nitrogen and oxygen atoms in total. The molecule has 4 heteroatoms. The van der Waals surface area contributed by atoms with Gasteiger partial charge in [-0.1, -0.05) is 20.3 Å². The van der Waals surface area contributed by atoms with Gasteiger partial charge in [-0.15, -0.1) is 0 Å². The van der Waals surface area contributed by atoms with E-state index in [9.17, 15) is 0 Å². The molecule has 0 aliphatic rings. The van der Waals surface area contributed by atoms with Crippen molar-refractivity contribution in [2.75, 3.05) is 13.6 Å². The lowest BCUT2D eigenvalue weighted by atomic mass is 10.4. The molecule has 2 N–H and O–H groups in total. The summed E-state index contributed by atoms with van der Waals surface area (Å²) in [5.74, 6) is -0.361. The first-order valence-electron chi connectivity index (χ1n) is 5.53. The van der Waals surface area contributed by atoms with Crippen molar-refractivity contribution in [3.05, 3.63) is 0 Å². The molecule has 0 aliphatic carbocycles. The predicted octanol–water partition coefficient (Wildman–Crippen LogP) is 2.12. The van der Waals surface area contributed by atoms with Crippen LogP contribution in [0, 0.1) is 0 Å². The number of rotatable bonds is 7. The molecule has 0 rings (SSSR count). The fourth-order valence-corrected chi connectivity index (χ4v) is 4.30. The Balaban J connectivity index is 4.28. The Bertz CT molecular complexity index is 164. The first-order valence-corrected chi connectivity index (χ1v) is 8.64. The SMILES string of the molecule is CCC[Si](C)(C)OC(C)(NC)NCC. The molecule has 0 fully saturated rings. The third kappa shape index (κ3) is 5.10. The molecular formula is C10H26N2OSi. The zero-order chi connectivity index (χ0) is 11.2. The smallest absolute Gasteiger partial charge is 0.190 e. The summed E-state index contributed by atoms with van der Waals surface area (Å²) < 4.78 is 6.17. The molecule has 1 atom stereocenters. The molecule has 0 saturated heterocycles. The van der Waals surface area contributed by atoms with Crippen LogP contribution in [0.25, 0.3) is 0 Å². The summed E-state index contributed by atoms with van der Waals surface area (Å²) in [7, 11) is 0.408. The van der Waals surface area contributed by atoms with Crippen molar-refractivity contribution in [1.29, 1.82) is 0 Å². The molecule has 0 amide bonds. The van der Waals surface area contributed by atoms with Gasteiger partial charge < -0.3 is 4.43 Å². The third-order valence-electron chi connectivity index (χ3n) is 2.32. The summed E-state index contributed by atoms with van der Waals surface area (Å²) in [6.07, 6.45) is 1.20. The first kappa shape index (κ1) is 14.1. The zero-order valence-electron chi connectivity index (χ0n) is 10.5. The van der Waals surface area contributed by atoms with Crippen LogP contribution >= 0.6 is 0 Å². The van der Waals surface area contributed by atoms with Crippen LogP contribution in [-0.4, -0.2) is 27.8 Å². The van der Waals surface area contributed by atoms with Gasteiger partial charge in [0.1, 0.15) is 0 Å². The lowest BCUT2D eigenvalue weighted by Gasteiger charge is -2.38. The summed E-state index contributed by atoms with van der Waals surface area (Å²) >= 11 is 0. The second-order valence-corrected chi connectivity index (χ2v) is 8.65. The van der Waals surface area contributed by atoms with Crippen LogP contribution in [0.4, 0.5) is 0 Å². The fraction of sp³-hybridized carbons (Fsp3) is 1.00. The van der Waals surface area contributed by atoms with E-state index in [1.54, 1.807) is 0 Å². The molecule has 0 saturated carbocycles. The van der Waals surface area contributed by atoms with Gasteiger partial charge in [0.25, 0.3) is 0 Å². The molecule has 86 valence electrons. The molecule has 0 bridgehead atoms.